The van der Waals surface area contributed by atoms with Crippen molar-refractivity contribution in [2.24, 2.45) is 5.73 Å². The second kappa shape index (κ2) is 9.61. The summed E-state index contributed by atoms with van der Waals surface area (Å²) < 4.78 is 2.19. The van der Waals surface area contributed by atoms with Gasteiger partial charge in [-0.2, -0.15) is 5.26 Å². The Bertz CT molecular complexity index is 1290. The highest BCUT2D eigenvalue weighted by atomic mass is 35.5. The Balaban J connectivity index is 0.000000196. The Morgan fingerprint density at radius 1 is 1.16 bits per heavy atom. The molecule has 0 radical (unpaired) electrons. The molecule has 0 unspecified atom stereocenters. The second-order valence-corrected chi connectivity index (χ2v) is 7.14. The van der Waals surface area contributed by atoms with Crippen molar-refractivity contribution in [2.75, 3.05) is 0 Å². The van der Waals surface area contributed by atoms with E-state index in [1.54, 1.807) is 6.07 Å². The molecule has 4 aromatic rings. The summed E-state index contributed by atoms with van der Waals surface area (Å²) in [6, 6.07) is 21.6. The number of nitrogens with one attached hydrogen (secondary N) is 1. The fraction of sp³-hybridized carbons (Fsp3) is 0.0417. The molecule has 0 saturated carbocycles. The number of benzene rings is 3. The minimum absolute atomic E-state index is 0.0475. The summed E-state index contributed by atoms with van der Waals surface area (Å²) in [5.41, 5.74) is 8.53. The van der Waals surface area contributed by atoms with Crippen LogP contribution in [0, 0.1) is 16.7 Å². The number of amides is 1. The van der Waals surface area contributed by atoms with E-state index in [1.165, 1.54) is 30.0 Å². The first-order chi connectivity index (χ1) is 14.9. The van der Waals surface area contributed by atoms with Crippen molar-refractivity contribution < 1.29 is 9.90 Å². The van der Waals surface area contributed by atoms with Gasteiger partial charge in [0, 0.05) is 46.0 Å². The number of nitriles is 1. The average molecular weight is 431 g/mol. The summed E-state index contributed by atoms with van der Waals surface area (Å²) in [7, 11) is 0. The number of rotatable bonds is 4. The molecule has 0 saturated heterocycles. The van der Waals surface area contributed by atoms with E-state index in [2.05, 4.69) is 22.9 Å². The van der Waals surface area contributed by atoms with Crippen LogP contribution in [0.5, 0.6) is 5.75 Å². The zero-order valence-corrected chi connectivity index (χ0v) is 17.2. The van der Waals surface area contributed by atoms with Crippen LogP contribution in [0.15, 0.2) is 72.9 Å². The molecule has 154 valence electrons. The lowest BCUT2D eigenvalue weighted by Gasteiger charge is -2.06. The van der Waals surface area contributed by atoms with Gasteiger partial charge in [0.05, 0.1) is 5.56 Å². The zero-order chi connectivity index (χ0) is 22.4. The van der Waals surface area contributed by atoms with Crippen LogP contribution in [0.3, 0.4) is 0 Å². The Hall–Kier alpha value is -4.08. The Kier molecular flexibility index (Phi) is 6.71. The van der Waals surface area contributed by atoms with E-state index in [9.17, 15) is 4.79 Å². The van der Waals surface area contributed by atoms with Gasteiger partial charge in [-0.25, -0.2) is 0 Å². The highest BCUT2D eigenvalue weighted by Gasteiger charge is 2.05. The summed E-state index contributed by atoms with van der Waals surface area (Å²) in [5.74, 6) is -0.769. The maximum atomic E-state index is 10.6. The molecule has 0 fully saturated rings. The van der Waals surface area contributed by atoms with E-state index in [-0.39, 0.29) is 16.9 Å². The zero-order valence-electron chi connectivity index (χ0n) is 16.4. The number of nitrogens with zero attached hydrogens (tertiary/aromatic N) is 2. The van der Waals surface area contributed by atoms with Gasteiger partial charge < -0.3 is 20.8 Å². The van der Waals surface area contributed by atoms with Gasteiger partial charge in [-0.1, -0.05) is 35.9 Å². The molecule has 0 aliphatic heterocycles. The molecule has 3 aromatic carbocycles. The minimum Gasteiger partial charge on any atom is -0.507 e. The number of hydrogen-bond acceptors (Lipinski definition) is 4. The fourth-order valence-corrected chi connectivity index (χ4v) is 3.20. The number of primary amides is 1. The van der Waals surface area contributed by atoms with E-state index in [0.29, 0.717) is 0 Å². The summed E-state index contributed by atoms with van der Waals surface area (Å²) in [4.78, 5) is 10.6. The van der Waals surface area contributed by atoms with Crippen LogP contribution >= 0.6 is 11.6 Å². The largest absolute Gasteiger partial charge is 0.507 e. The molecule has 0 aliphatic carbocycles. The summed E-state index contributed by atoms with van der Waals surface area (Å²) in [6.45, 7) is 0.808. The summed E-state index contributed by atoms with van der Waals surface area (Å²) in [6.07, 6.45) is 3.46. The molecule has 0 spiro atoms. The van der Waals surface area contributed by atoms with Gasteiger partial charge in [-0.15, -0.1) is 0 Å². The highest BCUT2D eigenvalue weighted by molar-refractivity contribution is 6.30. The van der Waals surface area contributed by atoms with Gasteiger partial charge >= 0.3 is 0 Å². The van der Waals surface area contributed by atoms with Crippen molar-refractivity contribution in [3.05, 3.63) is 100 Å². The van der Waals surface area contributed by atoms with Crippen molar-refractivity contribution in [3.63, 3.8) is 0 Å². The third-order valence-electron chi connectivity index (χ3n) is 4.67. The Labute approximate surface area is 184 Å². The van der Waals surface area contributed by atoms with Crippen LogP contribution in [0.2, 0.25) is 5.02 Å². The topological polar surface area (TPSA) is 116 Å². The van der Waals surface area contributed by atoms with E-state index < -0.39 is 5.91 Å². The molecule has 0 aliphatic rings. The number of fused-ring (bicyclic) bond motifs is 1. The van der Waals surface area contributed by atoms with E-state index in [0.717, 1.165) is 28.0 Å². The van der Waals surface area contributed by atoms with E-state index in [1.807, 2.05) is 36.4 Å². The molecule has 1 heterocycles. The molecule has 1 amide bonds. The van der Waals surface area contributed by atoms with Crippen LogP contribution in [0.25, 0.3) is 10.9 Å². The molecule has 4 rings (SSSR count). The standard InChI is InChI=1S/C16H13ClN2.C8H6N2O2/c17-14-6-4-12(5-7-14)11-19-9-8-15-13(10-18)2-1-3-16(15)19;9-4-6-3-5(8(10)12)1-2-7(6)11/h1-10,18H,11H2;1-3,11H,(H2,10,12). The van der Waals surface area contributed by atoms with Gasteiger partial charge in [0.2, 0.25) is 5.91 Å². The minimum atomic E-state index is -0.619. The van der Waals surface area contributed by atoms with Gasteiger partial charge in [-0.05, 0) is 48.0 Å². The van der Waals surface area contributed by atoms with Crippen LogP contribution in [0.1, 0.15) is 27.0 Å². The SMILES string of the molecule is N#Cc1cc(C(N)=O)ccc1O.N=Cc1cccc2c1ccn2Cc1ccc(Cl)cc1. The van der Waals surface area contributed by atoms with Gasteiger partial charge in [0.25, 0.3) is 0 Å². The van der Waals surface area contributed by atoms with E-state index >= 15 is 0 Å². The van der Waals surface area contributed by atoms with Crippen molar-refractivity contribution in [1.29, 1.82) is 10.7 Å². The third-order valence-corrected chi connectivity index (χ3v) is 4.92. The first kappa shape index (κ1) is 21.6. The second-order valence-electron chi connectivity index (χ2n) is 6.70. The lowest BCUT2D eigenvalue weighted by molar-refractivity contribution is 0.1000. The first-order valence-corrected chi connectivity index (χ1v) is 9.66. The molecule has 0 bridgehead atoms. The van der Waals surface area contributed by atoms with Crippen LogP contribution in [-0.4, -0.2) is 21.8 Å². The van der Waals surface area contributed by atoms with Crippen molar-refractivity contribution in [2.45, 2.75) is 6.54 Å². The Morgan fingerprint density at radius 3 is 2.55 bits per heavy atom. The third kappa shape index (κ3) is 5.10. The number of nitrogens with two attached hydrogens (primary N) is 1. The van der Waals surface area contributed by atoms with E-state index in [4.69, 9.17) is 33.1 Å². The molecule has 6 nitrogen and oxygen atoms in total. The molecule has 0 atom stereocenters. The number of carbonyl (C=O) groups excluding carboxylic acids is 1. The number of aromatic hydroxyl groups is 1. The Morgan fingerprint density at radius 2 is 1.90 bits per heavy atom. The van der Waals surface area contributed by atoms with Gasteiger partial charge in [0.15, 0.2) is 0 Å². The smallest absolute Gasteiger partial charge is 0.248 e. The van der Waals surface area contributed by atoms with Crippen LogP contribution < -0.4 is 5.73 Å². The van der Waals surface area contributed by atoms with Crippen molar-refractivity contribution in [1.82, 2.24) is 4.57 Å². The number of halogens is 1. The fourth-order valence-electron chi connectivity index (χ4n) is 3.08. The predicted octanol–water partition coefficient (Wildman–Crippen LogP) is 4.70. The lowest BCUT2D eigenvalue weighted by Crippen LogP contribution is -2.10. The monoisotopic (exact) mass is 430 g/mol. The number of hydrogen-bond donors (Lipinski definition) is 3. The molecule has 1 aromatic heterocycles. The van der Waals surface area contributed by atoms with Crippen molar-refractivity contribution >= 4 is 34.6 Å². The number of aromatic nitrogens is 1. The van der Waals surface area contributed by atoms with Gasteiger partial charge in [-0.3, -0.25) is 4.79 Å². The first-order valence-electron chi connectivity index (χ1n) is 9.28. The highest BCUT2D eigenvalue weighted by Crippen LogP contribution is 2.21. The number of carbonyl (C=O) groups is 1. The molecule has 7 heteroatoms. The molecular formula is C24H19ClN4O2. The lowest BCUT2D eigenvalue weighted by atomic mass is 10.1. The summed E-state index contributed by atoms with van der Waals surface area (Å²) >= 11 is 5.90. The number of phenols is 1. The molecule has 31 heavy (non-hydrogen) atoms. The van der Waals surface area contributed by atoms with Crippen molar-refractivity contribution in [3.8, 4) is 11.8 Å². The quantitative estimate of drug-likeness (QED) is 0.407. The molecular weight excluding hydrogens is 412 g/mol. The van der Waals surface area contributed by atoms with Crippen LogP contribution in [-0.2, 0) is 6.54 Å². The maximum Gasteiger partial charge on any atom is 0.248 e. The maximum absolute atomic E-state index is 10.6. The normalized spacial score (nSPS) is 10.1. The average Bonchev–Trinajstić information content (AvgIpc) is 3.19. The van der Waals surface area contributed by atoms with Crippen LogP contribution in [0.4, 0.5) is 0 Å². The number of phenolic OH excluding ortho intramolecular Hbond substituents is 1. The molecule has 4 N–H and O–H groups in total. The summed E-state index contributed by atoms with van der Waals surface area (Å²) in [5, 5.41) is 26.8. The predicted molar refractivity (Wildman–Crippen MR) is 122 cm³/mol. The van der Waals surface area contributed by atoms with Gasteiger partial charge in [0.1, 0.15) is 11.8 Å².